The van der Waals surface area contributed by atoms with Crippen LogP contribution in [0.3, 0.4) is 0 Å². The summed E-state index contributed by atoms with van der Waals surface area (Å²) in [5.74, 6) is -1.21. The van der Waals surface area contributed by atoms with Crippen molar-refractivity contribution in [2.45, 2.75) is 6.42 Å². The fraction of sp³-hybridized carbons (Fsp3) is 0.125. The lowest BCUT2D eigenvalue weighted by molar-refractivity contribution is -0.384. The first-order chi connectivity index (χ1) is 11.9. The summed E-state index contributed by atoms with van der Waals surface area (Å²) < 4.78 is 17.9. The number of non-ortho nitro benzene ring substituents is 1. The number of benzene rings is 2. The van der Waals surface area contributed by atoms with Gasteiger partial charge in [-0.3, -0.25) is 30.6 Å². The van der Waals surface area contributed by atoms with E-state index in [1.807, 2.05) is 0 Å². The largest absolute Gasteiger partial charge is 0.484 e. The molecular formula is C16H14FN3O5. The summed E-state index contributed by atoms with van der Waals surface area (Å²) in [7, 11) is 0. The molecule has 2 amide bonds. The van der Waals surface area contributed by atoms with E-state index in [4.69, 9.17) is 4.74 Å². The molecule has 0 aliphatic rings. The number of nitro benzene ring substituents is 1. The first kappa shape index (κ1) is 17.9. The molecule has 9 heteroatoms. The minimum atomic E-state index is -0.606. The fourth-order valence-corrected chi connectivity index (χ4v) is 1.82. The molecule has 0 spiro atoms. The summed E-state index contributed by atoms with van der Waals surface area (Å²) in [4.78, 5) is 33.2. The van der Waals surface area contributed by atoms with Crippen molar-refractivity contribution >= 4 is 17.5 Å². The van der Waals surface area contributed by atoms with Crippen molar-refractivity contribution < 1.29 is 23.6 Å². The van der Waals surface area contributed by atoms with Gasteiger partial charge in [0.15, 0.2) is 6.61 Å². The number of nitro groups is 1. The molecule has 2 aromatic carbocycles. The summed E-state index contributed by atoms with van der Waals surface area (Å²) in [6.45, 7) is -0.380. The van der Waals surface area contributed by atoms with Crippen molar-refractivity contribution in [1.82, 2.24) is 10.9 Å². The maximum Gasteiger partial charge on any atom is 0.276 e. The molecule has 2 N–H and O–H groups in total. The van der Waals surface area contributed by atoms with Gasteiger partial charge in [-0.2, -0.15) is 0 Å². The highest BCUT2D eigenvalue weighted by Gasteiger charge is 2.08. The van der Waals surface area contributed by atoms with Crippen LogP contribution >= 0.6 is 0 Å². The lowest BCUT2D eigenvalue weighted by Gasteiger charge is -2.09. The van der Waals surface area contributed by atoms with Crippen LogP contribution in [0.1, 0.15) is 5.56 Å². The first-order valence-electron chi connectivity index (χ1n) is 7.13. The Morgan fingerprint density at radius 3 is 2.20 bits per heavy atom. The summed E-state index contributed by atoms with van der Waals surface area (Å²) in [5, 5.41) is 10.5. The van der Waals surface area contributed by atoms with E-state index in [0.29, 0.717) is 5.56 Å². The van der Waals surface area contributed by atoms with Crippen LogP contribution in [0.15, 0.2) is 48.5 Å². The molecule has 0 saturated carbocycles. The van der Waals surface area contributed by atoms with Crippen molar-refractivity contribution in [3.05, 3.63) is 70.0 Å². The summed E-state index contributed by atoms with van der Waals surface area (Å²) in [6, 6.07) is 10.6. The summed E-state index contributed by atoms with van der Waals surface area (Å²) in [5.41, 5.74) is 4.87. The van der Waals surface area contributed by atoms with Crippen LogP contribution in [0.25, 0.3) is 0 Å². The highest BCUT2D eigenvalue weighted by atomic mass is 19.1. The molecule has 8 nitrogen and oxygen atoms in total. The highest BCUT2D eigenvalue weighted by molar-refractivity contribution is 5.83. The molecule has 0 aliphatic carbocycles. The number of amides is 2. The summed E-state index contributed by atoms with van der Waals surface area (Å²) in [6.07, 6.45) is -0.0240. The van der Waals surface area contributed by atoms with Gasteiger partial charge in [-0.1, -0.05) is 12.1 Å². The number of ether oxygens (including phenoxy) is 1. The smallest absolute Gasteiger partial charge is 0.276 e. The van der Waals surface area contributed by atoms with Gasteiger partial charge in [0.1, 0.15) is 11.6 Å². The Bertz CT molecular complexity index is 762. The number of carbonyl (C=O) groups excluding carboxylic acids is 2. The summed E-state index contributed by atoms with van der Waals surface area (Å²) >= 11 is 0. The average molecular weight is 347 g/mol. The lowest BCUT2D eigenvalue weighted by Crippen LogP contribution is -2.44. The number of hydrazine groups is 1. The van der Waals surface area contributed by atoms with Crippen LogP contribution in [0.5, 0.6) is 5.75 Å². The first-order valence-corrected chi connectivity index (χ1v) is 7.13. The van der Waals surface area contributed by atoms with Crippen LogP contribution in [-0.2, 0) is 16.0 Å². The zero-order valence-electron chi connectivity index (χ0n) is 12.9. The zero-order chi connectivity index (χ0) is 18.2. The van der Waals surface area contributed by atoms with E-state index in [0.717, 1.165) is 0 Å². The third-order valence-electron chi connectivity index (χ3n) is 3.04. The van der Waals surface area contributed by atoms with Gasteiger partial charge >= 0.3 is 0 Å². The second-order valence-corrected chi connectivity index (χ2v) is 4.94. The molecule has 25 heavy (non-hydrogen) atoms. The van der Waals surface area contributed by atoms with Gasteiger partial charge in [0.05, 0.1) is 11.3 Å². The van der Waals surface area contributed by atoms with Gasteiger partial charge in [-0.05, 0) is 29.8 Å². The molecule has 0 aromatic heterocycles. The van der Waals surface area contributed by atoms with Gasteiger partial charge in [0, 0.05) is 12.1 Å². The highest BCUT2D eigenvalue weighted by Crippen LogP contribution is 2.16. The van der Waals surface area contributed by atoms with Gasteiger partial charge in [-0.15, -0.1) is 0 Å². The third-order valence-corrected chi connectivity index (χ3v) is 3.04. The van der Waals surface area contributed by atoms with Crippen LogP contribution in [0.4, 0.5) is 10.1 Å². The number of rotatable bonds is 6. The topological polar surface area (TPSA) is 111 Å². The molecule has 0 aliphatic heterocycles. The number of carbonyl (C=O) groups is 2. The van der Waals surface area contributed by atoms with Crippen molar-refractivity contribution in [2.75, 3.05) is 6.61 Å². The Balaban J connectivity index is 1.72. The molecule has 130 valence electrons. The minimum Gasteiger partial charge on any atom is -0.484 e. The molecular weight excluding hydrogens is 333 g/mol. The molecule has 0 bridgehead atoms. The Morgan fingerprint density at radius 2 is 1.60 bits per heavy atom. The molecule has 0 radical (unpaired) electrons. The molecule has 2 aromatic rings. The number of nitrogens with zero attached hydrogens (tertiary/aromatic N) is 1. The van der Waals surface area contributed by atoms with Gasteiger partial charge < -0.3 is 4.74 Å². The maximum atomic E-state index is 12.8. The van der Waals surface area contributed by atoms with Gasteiger partial charge in [0.2, 0.25) is 5.91 Å². The number of hydrogen-bond acceptors (Lipinski definition) is 5. The third kappa shape index (κ3) is 5.90. The van der Waals surface area contributed by atoms with Crippen molar-refractivity contribution in [2.24, 2.45) is 0 Å². The van der Waals surface area contributed by atoms with E-state index in [2.05, 4.69) is 10.9 Å². The van der Waals surface area contributed by atoms with Crippen molar-refractivity contribution in [3.8, 4) is 5.75 Å². The molecule has 2 rings (SSSR count). The maximum absolute atomic E-state index is 12.8. The van der Waals surface area contributed by atoms with E-state index in [9.17, 15) is 24.1 Å². The normalized spacial score (nSPS) is 9.96. The van der Waals surface area contributed by atoms with E-state index in [1.165, 1.54) is 48.5 Å². The van der Waals surface area contributed by atoms with Crippen molar-refractivity contribution in [3.63, 3.8) is 0 Å². The molecule has 0 unspecified atom stereocenters. The number of hydrogen-bond donors (Lipinski definition) is 2. The zero-order valence-corrected chi connectivity index (χ0v) is 12.9. The fourth-order valence-electron chi connectivity index (χ4n) is 1.82. The number of nitrogens with one attached hydrogen (secondary N) is 2. The van der Waals surface area contributed by atoms with Crippen molar-refractivity contribution in [1.29, 1.82) is 0 Å². The standard InChI is InChI=1S/C16H14FN3O5/c17-12-3-1-11(2-4-12)9-15(21)18-19-16(22)10-25-14-7-5-13(6-8-14)20(23)24/h1-8H,9-10H2,(H,18,21)(H,19,22). The van der Waals surface area contributed by atoms with Gasteiger partial charge in [0.25, 0.3) is 11.6 Å². The SMILES string of the molecule is O=C(COc1ccc([N+](=O)[O-])cc1)NNC(=O)Cc1ccc(F)cc1. The molecule has 0 heterocycles. The van der Waals surface area contributed by atoms with E-state index >= 15 is 0 Å². The predicted octanol–water partition coefficient (Wildman–Crippen LogP) is 1.50. The monoisotopic (exact) mass is 347 g/mol. The number of halogens is 1. The average Bonchev–Trinajstić information content (AvgIpc) is 2.60. The van der Waals surface area contributed by atoms with E-state index < -0.39 is 22.6 Å². The van der Waals surface area contributed by atoms with Gasteiger partial charge in [-0.25, -0.2) is 4.39 Å². The second kappa shape index (κ2) is 8.39. The Hall–Kier alpha value is -3.49. The van der Waals surface area contributed by atoms with Crippen LogP contribution in [0.2, 0.25) is 0 Å². The van der Waals surface area contributed by atoms with E-state index in [-0.39, 0.29) is 24.5 Å². The molecule has 0 fully saturated rings. The minimum absolute atomic E-state index is 0.0240. The molecule has 0 atom stereocenters. The lowest BCUT2D eigenvalue weighted by atomic mass is 10.1. The molecule has 0 saturated heterocycles. The Morgan fingerprint density at radius 1 is 1.00 bits per heavy atom. The van der Waals surface area contributed by atoms with Crippen LogP contribution in [-0.4, -0.2) is 23.3 Å². The second-order valence-electron chi connectivity index (χ2n) is 4.94. The Labute approximate surface area is 141 Å². The van der Waals surface area contributed by atoms with Crippen LogP contribution in [0, 0.1) is 15.9 Å². The van der Waals surface area contributed by atoms with E-state index in [1.54, 1.807) is 0 Å². The predicted molar refractivity (Wildman–Crippen MR) is 85.0 cm³/mol. The van der Waals surface area contributed by atoms with Crippen LogP contribution < -0.4 is 15.6 Å². The Kier molecular flexibility index (Phi) is 5.99. The quantitative estimate of drug-likeness (QED) is 0.608.